The largest absolute Gasteiger partial charge is 0.498 e. The van der Waals surface area contributed by atoms with Gasteiger partial charge in [-0.3, -0.25) is 0 Å². The van der Waals surface area contributed by atoms with Crippen LogP contribution in [0.1, 0.15) is 20.8 Å². The van der Waals surface area contributed by atoms with Crippen LogP contribution in [0.4, 0.5) is 0 Å². The lowest BCUT2D eigenvalue weighted by atomic mass is 9.77. The van der Waals surface area contributed by atoms with Crippen LogP contribution >= 0.6 is 0 Å². The highest BCUT2D eigenvalue weighted by molar-refractivity contribution is 6.62. The van der Waals surface area contributed by atoms with Gasteiger partial charge in [0.2, 0.25) is 5.60 Å². The van der Waals surface area contributed by atoms with Crippen molar-refractivity contribution in [2.75, 3.05) is 0 Å². The number of hydrogen-bond donors (Lipinski definition) is 0. The Morgan fingerprint density at radius 2 is 1.26 bits per heavy atom. The summed E-state index contributed by atoms with van der Waals surface area (Å²) >= 11 is 0. The van der Waals surface area contributed by atoms with E-state index in [0.717, 1.165) is 50.3 Å². The van der Waals surface area contributed by atoms with E-state index in [-0.39, 0.29) is 0 Å². The maximum Gasteiger partial charge on any atom is 0.498 e. The van der Waals surface area contributed by atoms with Crippen molar-refractivity contribution < 1.29 is 14.0 Å². The van der Waals surface area contributed by atoms with Crippen molar-refractivity contribution in [1.29, 1.82) is 0 Å². The molecule has 0 N–H and O–H groups in total. The van der Waals surface area contributed by atoms with Gasteiger partial charge in [0.05, 0.1) is 6.92 Å². The smallest absolute Gasteiger partial charge is 0.456 e. The molecule has 0 aliphatic carbocycles. The summed E-state index contributed by atoms with van der Waals surface area (Å²) in [6.45, 7) is 10.3. The minimum absolute atomic E-state index is 0.462. The molecule has 1 atom stereocenters. The standard InChI is InChI=1S/C30H26BO3/c1-29(2)30(3,4)34-31(33-29)21-12-9-11-20(19-21)22-15-10-16-24-23-13-5-7-17-26(23)32-27-18-8-6-14-25(27)28(22)24/h5-19H,1H2,2-4H3/q+1. The van der Waals surface area contributed by atoms with Gasteiger partial charge in [-0.2, -0.15) is 0 Å². The summed E-state index contributed by atoms with van der Waals surface area (Å²) in [7, 11) is -0.462. The first kappa shape index (κ1) is 21.1. The number of hydrogen-bond acceptors (Lipinski definition) is 3. The van der Waals surface area contributed by atoms with Crippen LogP contribution in [0, 0.1) is 6.92 Å². The highest BCUT2D eigenvalue weighted by Crippen LogP contribution is 2.49. The maximum absolute atomic E-state index is 6.38. The summed E-state index contributed by atoms with van der Waals surface area (Å²) in [6.07, 6.45) is 0. The number of benzene rings is 4. The lowest BCUT2D eigenvalue weighted by Crippen LogP contribution is -2.42. The SMILES string of the molecule is [CH2+]C1(C)OB(c2cccc(-c3cccc4c3-c3ccccc3Oc3ccccc3-4)c2)OC1(C)C. The molecule has 0 bridgehead atoms. The molecule has 2 heterocycles. The molecular weight excluding hydrogens is 419 g/mol. The zero-order valence-corrected chi connectivity index (χ0v) is 19.7. The van der Waals surface area contributed by atoms with Gasteiger partial charge in [0, 0.05) is 23.6 Å². The summed E-state index contributed by atoms with van der Waals surface area (Å²) in [5, 5.41) is 0. The predicted molar refractivity (Wildman–Crippen MR) is 138 cm³/mol. The van der Waals surface area contributed by atoms with Gasteiger partial charge in [-0.05, 0) is 48.1 Å². The van der Waals surface area contributed by atoms with Crippen LogP contribution in [0.25, 0.3) is 33.4 Å². The highest BCUT2D eigenvalue weighted by Gasteiger charge is 2.57. The molecule has 0 radical (unpaired) electrons. The van der Waals surface area contributed by atoms with Crippen molar-refractivity contribution in [1.82, 2.24) is 0 Å². The van der Waals surface area contributed by atoms with Crippen molar-refractivity contribution in [2.24, 2.45) is 0 Å². The van der Waals surface area contributed by atoms with E-state index in [1.807, 2.05) is 45.0 Å². The Morgan fingerprint density at radius 1 is 0.647 bits per heavy atom. The summed E-state index contributed by atoms with van der Waals surface area (Å²) in [6, 6.07) is 31.4. The first-order chi connectivity index (χ1) is 16.3. The molecular formula is C30H26BO3+. The Balaban J connectivity index is 1.53. The number of rotatable bonds is 2. The van der Waals surface area contributed by atoms with Gasteiger partial charge in [0.15, 0.2) is 0 Å². The molecule has 34 heavy (non-hydrogen) atoms. The molecule has 4 aromatic carbocycles. The van der Waals surface area contributed by atoms with Crippen LogP contribution in [-0.4, -0.2) is 18.3 Å². The lowest BCUT2D eigenvalue weighted by molar-refractivity contribution is 0.0262. The molecule has 166 valence electrons. The zero-order valence-electron chi connectivity index (χ0n) is 19.7. The molecule has 1 saturated heterocycles. The maximum atomic E-state index is 6.38. The molecule has 6 rings (SSSR count). The van der Waals surface area contributed by atoms with Crippen LogP contribution in [0.15, 0.2) is 91.0 Å². The van der Waals surface area contributed by atoms with E-state index in [9.17, 15) is 0 Å². The van der Waals surface area contributed by atoms with Gasteiger partial charge in [-0.1, -0.05) is 78.9 Å². The second-order valence-corrected chi connectivity index (χ2v) is 9.76. The van der Waals surface area contributed by atoms with Gasteiger partial charge in [-0.25, -0.2) is 0 Å². The fourth-order valence-electron chi connectivity index (χ4n) is 4.75. The van der Waals surface area contributed by atoms with Crippen molar-refractivity contribution in [3.63, 3.8) is 0 Å². The second kappa shape index (κ2) is 7.52. The van der Waals surface area contributed by atoms with Gasteiger partial charge >= 0.3 is 7.12 Å². The van der Waals surface area contributed by atoms with E-state index in [4.69, 9.17) is 14.0 Å². The first-order valence-electron chi connectivity index (χ1n) is 11.7. The summed E-state index contributed by atoms with van der Waals surface area (Å²) in [5.74, 6) is 1.72. The van der Waals surface area contributed by atoms with Gasteiger partial charge in [-0.15, -0.1) is 0 Å². The monoisotopic (exact) mass is 445 g/mol. The van der Waals surface area contributed by atoms with Crippen molar-refractivity contribution in [2.45, 2.75) is 32.0 Å². The Morgan fingerprint density at radius 3 is 2.00 bits per heavy atom. The Kier molecular flexibility index (Phi) is 4.67. The first-order valence-corrected chi connectivity index (χ1v) is 11.7. The normalized spacial score (nSPS) is 20.0. The Bertz CT molecular complexity index is 1390. The highest BCUT2D eigenvalue weighted by atomic mass is 16.7. The van der Waals surface area contributed by atoms with Crippen molar-refractivity contribution in [3.05, 3.63) is 97.9 Å². The van der Waals surface area contributed by atoms with Gasteiger partial charge in [0.1, 0.15) is 17.1 Å². The predicted octanol–water partition coefficient (Wildman–Crippen LogP) is 6.91. The molecule has 0 aromatic heterocycles. The van der Waals surface area contributed by atoms with Crippen LogP contribution < -0.4 is 10.2 Å². The van der Waals surface area contributed by atoms with Gasteiger partial charge in [0.25, 0.3) is 0 Å². The molecule has 0 amide bonds. The minimum Gasteiger partial charge on any atom is -0.456 e. The third-order valence-corrected chi connectivity index (χ3v) is 7.13. The average molecular weight is 445 g/mol. The van der Waals surface area contributed by atoms with Crippen LogP contribution in [-0.2, 0) is 9.31 Å². The van der Waals surface area contributed by atoms with E-state index < -0.39 is 18.3 Å². The molecule has 1 unspecified atom stereocenters. The molecule has 4 heteroatoms. The molecule has 0 spiro atoms. The van der Waals surface area contributed by atoms with Crippen LogP contribution in [0.3, 0.4) is 0 Å². The molecule has 2 aliphatic rings. The topological polar surface area (TPSA) is 27.7 Å². The van der Waals surface area contributed by atoms with E-state index in [0.29, 0.717) is 0 Å². The average Bonchev–Trinajstić information content (AvgIpc) is 2.97. The fraction of sp³-hybridized carbons (Fsp3) is 0.167. The molecule has 1 fully saturated rings. The molecule has 2 aliphatic heterocycles. The molecule has 0 saturated carbocycles. The van der Waals surface area contributed by atoms with E-state index in [1.54, 1.807) is 0 Å². The summed E-state index contributed by atoms with van der Waals surface area (Å²) < 4.78 is 18.9. The van der Waals surface area contributed by atoms with Crippen LogP contribution in [0.2, 0.25) is 0 Å². The minimum atomic E-state index is -0.627. The van der Waals surface area contributed by atoms with Crippen molar-refractivity contribution in [3.8, 4) is 44.9 Å². The lowest BCUT2D eigenvalue weighted by Gasteiger charge is -2.25. The third kappa shape index (κ3) is 3.25. The Hall–Kier alpha value is -3.47. The number of ether oxygens (including phenoxy) is 1. The van der Waals surface area contributed by atoms with Crippen molar-refractivity contribution >= 4 is 12.6 Å². The van der Waals surface area contributed by atoms with E-state index >= 15 is 0 Å². The van der Waals surface area contributed by atoms with Crippen LogP contribution in [0.5, 0.6) is 11.5 Å². The summed E-state index contributed by atoms with van der Waals surface area (Å²) in [4.78, 5) is 0. The van der Waals surface area contributed by atoms with E-state index in [2.05, 4.69) is 73.7 Å². The number of fused-ring (bicyclic) bond motifs is 5. The molecule has 4 aromatic rings. The quantitative estimate of drug-likeness (QED) is 0.218. The molecule has 3 nitrogen and oxygen atoms in total. The third-order valence-electron chi connectivity index (χ3n) is 7.13. The summed E-state index contributed by atoms with van der Waals surface area (Å²) in [5.41, 5.74) is 6.59. The van der Waals surface area contributed by atoms with E-state index in [1.165, 1.54) is 0 Å². The Labute approximate surface area is 201 Å². The fourth-order valence-corrected chi connectivity index (χ4v) is 4.75. The number of para-hydroxylation sites is 2. The van der Waals surface area contributed by atoms with Gasteiger partial charge < -0.3 is 14.0 Å². The second-order valence-electron chi connectivity index (χ2n) is 9.76. The zero-order chi connectivity index (χ0) is 23.5.